The van der Waals surface area contributed by atoms with Gasteiger partial charge in [-0.1, -0.05) is 12.1 Å². The first-order valence-corrected chi connectivity index (χ1v) is 8.51. The average molecular weight is 331 g/mol. The van der Waals surface area contributed by atoms with Crippen LogP contribution in [0.5, 0.6) is 5.75 Å². The molecule has 2 saturated heterocycles. The molecule has 0 radical (unpaired) electrons. The fraction of sp³-hybridized carbons (Fsp3) is 0.556. The Morgan fingerprint density at radius 1 is 1.12 bits per heavy atom. The van der Waals surface area contributed by atoms with Crippen molar-refractivity contribution in [2.24, 2.45) is 5.92 Å². The van der Waals surface area contributed by atoms with Crippen LogP contribution in [0.2, 0.25) is 0 Å². The molecule has 0 aliphatic carbocycles. The van der Waals surface area contributed by atoms with Gasteiger partial charge in [0.25, 0.3) is 0 Å². The lowest BCUT2D eigenvalue weighted by Gasteiger charge is -2.39. The van der Waals surface area contributed by atoms with Crippen molar-refractivity contribution in [1.29, 1.82) is 0 Å². The summed E-state index contributed by atoms with van der Waals surface area (Å²) < 4.78 is 5.43. The Hall–Kier alpha value is -2.24. The van der Waals surface area contributed by atoms with E-state index in [1.165, 1.54) is 0 Å². The second-order valence-electron chi connectivity index (χ2n) is 6.49. The smallest absolute Gasteiger partial charge is 0.226 e. The Balaban J connectivity index is 1.59. The zero-order valence-corrected chi connectivity index (χ0v) is 14.4. The van der Waals surface area contributed by atoms with E-state index in [9.17, 15) is 9.59 Å². The molecule has 0 saturated carbocycles. The van der Waals surface area contributed by atoms with Crippen LogP contribution in [0.4, 0.5) is 5.69 Å². The highest BCUT2D eigenvalue weighted by Gasteiger charge is 2.33. The van der Waals surface area contributed by atoms with Gasteiger partial charge in [0.2, 0.25) is 11.8 Å². The SMILES string of the molecule is COc1ccccc1N1CCN(C(=O)C2CCN(C)C(=O)C2)CC1. The van der Waals surface area contributed by atoms with E-state index in [2.05, 4.69) is 4.90 Å². The molecule has 2 amide bonds. The molecule has 2 heterocycles. The number of para-hydroxylation sites is 2. The van der Waals surface area contributed by atoms with Crippen molar-refractivity contribution in [3.8, 4) is 5.75 Å². The molecule has 6 nitrogen and oxygen atoms in total. The minimum atomic E-state index is -0.147. The summed E-state index contributed by atoms with van der Waals surface area (Å²) in [4.78, 5) is 30.4. The number of anilines is 1. The van der Waals surface area contributed by atoms with Crippen LogP contribution in [-0.2, 0) is 9.59 Å². The zero-order valence-electron chi connectivity index (χ0n) is 14.4. The number of piperazine rings is 1. The largest absolute Gasteiger partial charge is 0.495 e. The van der Waals surface area contributed by atoms with Gasteiger partial charge in [-0.3, -0.25) is 9.59 Å². The second-order valence-corrected chi connectivity index (χ2v) is 6.49. The van der Waals surface area contributed by atoms with Crippen molar-refractivity contribution >= 4 is 17.5 Å². The van der Waals surface area contributed by atoms with Gasteiger partial charge in [-0.05, 0) is 18.6 Å². The molecule has 1 aromatic rings. The van der Waals surface area contributed by atoms with Gasteiger partial charge in [0, 0.05) is 52.1 Å². The van der Waals surface area contributed by atoms with E-state index in [-0.39, 0.29) is 17.7 Å². The van der Waals surface area contributed by atoms with Gasteiger partial charge in [-0.2, -0.15) is 0 Å². The Labute approximate surface area is 143 Å². The number of nitrogens with zero attached hydrogens (tertiary/aromatic N) is 3. The van der Waals surface area contributed by atoms with E-state index in [1.54, 1.807) is 19.1 Å². The predicted octanol–water partition coefficient (Wildman–Crippen LogP) is 1.21. The molecule has 0 bridgehead atoms. The van der Waals surface area contributed by atoms with E-state index in [0.717, 1.165) is 30.9 Å². The number of methoxy groups -OCH3 is 1. The maximum atomic E-state index is 12.7. The van der Waals surface area contributed by atoms with Crippen LogP contribution in [-0.4, -0.2) is 68.5 Å². The minimum absolute atomic E-state index is 0.0762. The van der Waals surface area contributed by atoms with Gasteiger partial charge in [0.05, 0.1) is 12.8 Å². The van der Waals surface area contributed by atoms with E-state index in [0.29, 0.717) is 26.1 Å². The van der Waals surface area contributed by atoms with Gasteiger partial charge < -0.3 is 19.4 Å². The summed E-state index contributed by atoms with van der Waals surface area (Å²) in [5.41, 5.74) is 1.07. The third kappa shape index (κ3) is 3.32. The molecule has 2 fully saturated rings. The third-order valence-corrected chi connectivity index (χ3v) is 5.03. The van der Waals surface area contributed by atoms with E-state index < -0.39 is 0 Å². The van der Waals surface area contributed by atoms with Crippen LogP contribution in [0.25, 0.3) is 0 Å². The Morgan fingerprint density at radius 2 is 1.83 bits per heavy atom. The van der Waals surface area contributed by atoms with Gasteiger partial charge >= 0.3 is 0 Å². The van der Waals surface area contributed by atoms with Crippen molar-refractivity contribution < 1.29 is 14.3 Å². The summed E-state index contributed by atoms with van der Waals surface area (Å²) in [7, 11) is 3.48. The molecule has 130 valence electrons. The molecule has 2 aliphatic heterocycles. The summed E-state index contributed by atoms with van der Waals surface area (Å²) in [5, 5.41) is 0. The molecule has 3 rings (SSSR count). The predicted molar refractivity (Wildman–Crippen MR) is 92.1 cm³/mol. The highest BCUT2D eigenvalue weighted by molar-refractivity contribution is 5.87. The number of hydrogen-bond acceptors (Lipinski definition) is 4. The highest BCUT2D eigenvalue weighted by atomic mass is 16.5. The molecule has 0 aromatic heterocycles. The average Bonchev–Trinajstić information content (AvgIpc) is 2.63. The van der Waals surface area contributed by atoms with E-state index >= 15 is 0 Å². The van der Waals surface area contributed by atoms with Crippen LogP contribution < -0.4 is 9.64 Å². The molecule has 0 N–H and O–H groups in total. The van der Waals surface area contributed by atoms with Crippen molar-refractivity contribution in [2.45, 2.75) is 12.8 Å². The van der Waals surface area contributed by atoms with Crippen molar-refractivity contribution in [1.82, 2.24) is 9.80 Å². The fourth-order valence-electron chi connectivity index (χ4n) is 3.47. The minimum Gasteiger partial charge on any atom is -0.495 e. The van der Waals surface area contributed by atoms with Crippen LogP contribution in [0.3, 0.4) is 0 Å². The summed E-state index contributed by atoms with van der Waals surface area (Å²) >= 11 is 0. The Bertz CT molecular complexity index is 611. The zero-order chi connectivity index (χ0) is 17.1. The summed E-state index contributed by atoms with van der Waals surface area (Å²) in [6.45, 7) is 3.63. The second kappa shape index (κ2) is 7.11. The quantitative estimate of drug-likeness (QED) is 0.835. The van der Waals surface area contributed by atoms with Gasteiger partial charge in [-0.15, -0.1) is 0 Å². The molecular formula is C18H25N3O3. The number of likely N-dealkylation sites (tertiary alicyclic amines) is 1. The standard InChI is InChI=1S/C18H25N3O3/c1-19-8-7-14(13-17(19)22)18(23)21-11-9-20(10-12-21)15-5-3-4-6-16(15)24-2/h3-6,14H,7-13H2,1-2H3. The third-order valence-electron chi connectivity index (χ3n) is 5.03. The number of rotatable bonds is 3. The molecular weight excluding hydrogens is 306 g/mol. The van der Waals surface area contributed by atoms with Gasteiger partial charge in [0.1, 0.15) is 5.75 Å². The molecule has 1 unspecified atom stereocenters. The number of carbonyl (C=O) groups excluding carboxylic acids is 2. The lowest BCUT2D eigenvalue weighted by atomic mass is 9.94. The monoisotopic (exact) mass is 331 g/mol. The molecule has 6 heteroatoms. The number of carbonyl (C=O) groups is 2. The van der Waals surface area contributed by atoms with Crippen LogP contribution in [0.1, 0.15) is 12.8 Å². The first kappa shape index (κ1) is 16.6. The van der Waals surface area contributed by atoms with Crippen molar-refractivity contribution in [2.75, 3.05) is 51.8 Å². The molecule has 1 atom stereocenters. The Kier molecular flexibility index (Phi) is 4.92. The normalized spacial score (nSPS) is 21.8. The van der Waals surface area contributed by atoms with Crippen LogP contribution in [0.15, 0.2) is 24.3 Å². The van der Waals surface area contributed by atoms with Crippen molar-refractivity contribution in [3.05, 3.63) is 24.3 Å². The topological polar surface area (TPSA) is 53.1 Å². The lowest BCUT2D eigenvalue weighted by Crippen LogP contribution is -2.52. The first-order chi connectivity index (χ1) is 11.6. The number of benzene rings is 1. The fourth-order valence-corrected chi connectivity index (χ4v) is 3.47. The van der Waals surface area contributed by atoms with Gasteiger partial charge in [0.15, 0.2) is 0 Å². The lowest BCUT2D eigenvalue weighted by molar-refractivity contribution is -0.144. The van der Waals surface area contributed by atoms with E-state index in [1.807, 2.05) is 29.2 Å². The summed E-state index contributed by atoms with van der Waals surface area (Å²) in [5.74, 6) is 0.924. The molecule has 2 aliphatic rings. The summed E-state index contributed by atoms with van der Waals surface area (Å²) in [6.07, 6.45) is 1.12. The maximum absolute atomic E-state index is 12.7. The van der Waals surface area contributed by atoms with Gasteiger partial charge in [-0.25, -0.2) is 0 Å². The Morgan fingerprint density at radius 3 is 2.50 bits per heavy atom. The summed E-state index contributed by atoms with van der Waals surface area (Å²) in [6, 6.07) is 7.96. The highest BCUT2D eigenvalue weighted by Crippen LogP contribution is 2.29. The molecule has 1 aromatic carbocycles. The van der Waals surface area contributed by atoms with Crippen LogP contribution >= 0.6 is 0 Å². The number of amides is 2. The van der Waals surface area contributed by atoms with E-state index in [4.69, 9.17) is 4.74 Å². The first-order valence-electron chi connectivity index (χ1n) is 8.51. The molecule has 24 heavy (non-hydrogen) atoms. The maximum Gasteiger partial charge on any atom is 0.226 e. The van der Waals surface area contributed by atoms with Crippen molar-refractivity contribution in [3.63, 3.8) is 0 Å². The van der Waals surface area contributed by atoms with Crippen LogP contribution in [0, 0.1) is 5.92 Å². The number of ether oxygens (including phenoxy) is 1. The number of hydrogen-bond donors (Lipinski definition) is 0. The molecule has 0 spiro atoms. The number of piperidine rings is 1.